The lowest BCUT2D eigenvalue weighted by molar-refractivity contribution is -0.700. The van der Waals surface area contributed by atoms with Crippen LogP contribution in [-0.4, -0.2) is 4.57 Å². The van der Waals surface area contributed by atoms with E-state index in [1.54, 1.807) is 5.82 Å². The average molecular weight is 364 g/mol. The highest BCUT2D eigenvalue weighted by Gasteiger charge is 2.15. The lowest BCUT2D eigenvalue weighted by Crippen LogP contribution is -2.36. The maximum absolute atomic E-state index is 2.52. The first-order valence-electron chi connectivity index (χ1n) is 11.9. The second kappa shape index (κ2) is 16.4. The monoisotopic (exact) mass is 363 g/mol. The van der Waals surface area contributed by atoms with Crippen molar-refractivity contribution < 1.29 is 4.57 Å². The van der Waals surface area contributed by atoms with E-state index in [0.29, 0.717) is 0 Å². The highest BCUT2D eigenvalue weighted by atomic mass is 15.1. The second-order valence-corrected chi connectivity index (χ2v) is 8.04. The molecule has 26 heavy (non-hydrogen) atoms. The Morgan fingerprint density at radius 3 is 1.69 bits per heavy atom. The first-order valence-corrected chi connectivity index (χ1v) is 11.9. The molecule has 0 aliphatic carbocycles. The number of hydrogen-bond donors (Lipinski definition) is 0. The van der Waals surface area contributed by atoms with Crippen LogP contribution in [0.5, 0.6) is 0 Å². The number of aryl methyl sites for hydroxylation is 2. The first kappa shape index (κ1) is 23.2. The topological polar surface area (TPSA) is 8.81 Å². The molecule has 2 nitrogen and oxygen atoms in total. The van der Waals surface area contributed by atoms with Crippen LogP contribution in [0.25, 0.3) is 0 Å². The van der Waals surface area contributed by atoms with Crippen molar-refractivity contribution in [2.75, 3.05) is 0 Å². The van der Waals surface area contributed by atoms with Gasteiger partial charge in [-0.1, -0.05) is 90.9 Å². The smallest absolute Gasteiger partial charge is 0.235 e. The molecule has 0 radical (unpaired) electrons. The Bertz CT molecular complexity index is 422. The molecule has 0 saturated heterocycles. The van der Waals surface area contributed by atoms with Crippen LogP contribution in [0.1, 0.15) is 123 Å². The maximum Gasteiger partial charge on any atom is 0.256 e. The summed E-state index contributed by atoms with van der Waals surface area (Å²) < 4.78 is 4.98. The van der Waals surface area contributed by atoms with Crippen molar-refractivity contribution in [1.82, 2.24) is 4.57 Å². The summed E-state index contributed by atoms with van der Waals surface area (Å²) in [5.41, 5.74) is 0. The third kappa shape index (κ3) is 10.4. The van der Waals surface area contributed by atoms with Gasteiger partial charge in [-0.05, 0) is 26.2 Å². The van der Waals surface area contributed by atoms with Crippen LogP contribution < -0.4 is 4.57 Å². The number of nitrogens with zero attached hydrogens (tertiary/aromatic N) is 2. The van der Waals surface area contributed by atoms with Crippen molar-refractivity contribution in [3.63, 3.8) is 0 Å². The molecule has 0 unspecified atom stereocenters. The Kier molecular flexibility index (Phi) is 14.7. The molecule has 0 aliphatic rings. The van der Waals surface area contributed by atoms with Crippen LogP contribution in [-0.2, 0) is 19.5 Å². The van der Waals surface area contributed by atoms with Crippen molar-refractivity contribution in [1.29, 1.82) is 0 Å². The largest absolute Gasteiger partial charge is 0.256 e. The molecule has 0 spiro atoms. The molecular weight excluding hydrogens is 316 g/mol. The zero-order valence-electron chi connectivity index (χ0n) is 18.3. The summed E-state index contributed by atoms with van der Waals surface area (Å²) in [6.45, 7) is 9.17. The van der Waals surface area contributed by atoms with Gasteiger partial charge >= 0.3 is 0 Å². The Morgan fingerprint density at radius 2 is 1.15 bits per heavy atom. The predicted octanol–water partition coefficient (Wildman–Crippen LogP) is 7.23. The van der Waals surface area contributed by atoms with Crippen molar-refractivity contribution in [2.24, 2.45) is 0 Å². The third-order valence-electron chi connectivity index (χ3n) is 5.69. The van der Waals surface area contributed by atoms with E-state index in [9.17, 15) is 0 Å². The van der Waals surface area contributed by atoms with Crippen LogP contribution >= 0.6 is 0 Å². The van der Waals surface area contributed by atoms with Gasteiger partial charge in [0.2, 0.25) is 0 Å². The molecule has 1 aromatic rings. The minimum atomic E-state index is 1.11. The fourth-order valence-electron chi connectivity index (χ4n) is 3.93. The molecule has 0 N–H and O–H groups in total. The van der Waals surface area contributed by atoms with Crippen molar-refractivity contribution in [3.8, 4) is 0 Å². The van der Waals surface area contributed by atoms with Crippen LogP contribution in [0.4, 0.5) is 0 Å². The van der Waals surface area contributed by atoms with Gasteiger partial charge in [0, 0.05) is 6.42 Å². The molecule has 1 heterocycles. The lowest BCUT2D eigenvalue weighted by atomic mass is 10.1. The van der Waals surface area contributed by atoms with Gasteiger partial charge in [-0.3, -0.25) is 0 Å². The van der Waals surface area contributed by atoms with Crippen molar-refractivity contribution in [3.05, 3.63) is 18.2 Å². The number of unbranched alkanes of at least 4 members (excludes halogenated alkanes) is 13. The molecule has 1 rings (SSSR count). The minimum absolute atomic E-state index is 1.11. The van der Waals surface area contributed by atoms with E-state index < -0.39 is 0 Å². The zero-order chi connectivity index (χ0) is 18.9. The van der Waals surface area contributed by atoms with Gasteiger partial charge in [-0.25, -0.2) is 9.13 Å². The predicted molar refractivity (Wildman–Crippen MR) is 115 cm³/mol. The Labute approximate surface area is 164 Å². The number of rotatable bonds is 18. The molecule has 0 atom stereocenters. The fourth-order valence-corrected chi connectivity index (χ4v) is 3.93. The molecule has 0 saturated carbocycles. The lowest BCUT2D eigenvalue weighted by Gasteiger charge is -2.05. The van der Waals surface area contributed by atoms with Crippen LogP contribution in [0.15, 0.2) is 12.4 Å². The normalized spacial score (nSPS) is 11.3. The molecular formula is C24H47N2+. The van der Waals surface area contributed by atoms with Gasteiger partial charge in [-0.15, -0.1) is 0 Å². The summed E-state index contributed by atoms with van der Waals surface area (Å²) >= 11 is 0. The first-order chi connectivity index (χ1) is 12.8. The zero-order valence-corrected chi connectivity index (χ0v) is 18.3. The number of imidazole rings is 1. The van der Waals surface area contributed by atoms with E-state index in [0.717, 1.165) is 6.54 Å². The molecule has 0 aromatic carbocycles. The van der Waals surface area contributed by atoms with E-state index >= 15 is 0 Å². The number of hydrogen-bond acceptors (Lipinski definition) is 0. The standard InChI is InChI=1S/C24H47N2/c1-4-7-9-11-12-13-14-15-16-17-18-20-24-25(6-3)22-23-26(24)21-19-10-8-5-2/h22-23H,4-21H2,1-3H3/q+1. The summed E-state index contributed by atoms with van der Waals surface area (Å²) in [5.74, 6) is 1.56. The average Bonchev–Trinajstić information content (AvgIpc) is 3.05. The highest BCUT2D eigenvalue weighted by Crippen LogP contribution is 2.13. The Balaban J connectivity index is 2.13. The molecule has 1 aromatic heterocycles. The van der Waals surface area contributed by atoms with Gasteiger partial charge in [0.15, 0.2) is 0 Å². The van der Waals surface area contributed by atoms with E-state index in [4.69, 9.17) is 0 Å². The summed E-state index contributed by atoms with van der Waals surface area (Å²) in [6.07, 6.45) is 27.0. The molecule has 0 amide bonds. The van der Waals surface area contributed by atoms with E-state index in [1.807, 2.05) is 0 Å². The molecule has 2 heteroatoms. The van der Waals surface area contributed by atoms with Crippen LogP contribution in [0, 0.1) is 0 Å². The van der Waals surface area contributed by atoms with Gasteiger partial charge in [0.05, 0.1) is 13.1 Å². The van der Waals surface area contributed by atoms with Crippen molar-refractivity contribution in [2.45, 2.75) is 137 Å². The summed E-state index contributed by atoms with van der Waals surface area (Å²) in [6, 6.07) is 0. The molecule has 0 aliphatic heterocycles. The third-order valence-corrected chi connectivity index (χ3v) is 5.69. The summed E-state index contributed by atoms with van der Waals surface area (Å²) in [7, 11) is 0. The highest BCUT2D eigenvalue weighted by molar-refractivity contribution is 4.84. The quantitative estimate of drug-likeness (QED) is 0.192. The van der Waals surface area contributed by atoms with E-state index in [2.05, 4.69) is 42.3 Å². The Hall–Kier alpha value is -0.790. The van der Waals surface area contributed by atoms with Gasteiger partial charge in [-0.2, -0.15) is 0 Å². The van der Waals surface area contributed by atoms with E-state index in [1.165, 1.54) is 109 Å². The second-order valence-electron chi connectivity index (χ2n) is 8.04. The van der Waals surface area contributed by atoms with E-state index in [-0.39, 0.29) is 0 Å². The number of aromatic nitrogens is 2. The fraction of sp³-hybridized carbons (Fsp3) is 0.875. The van der Waals surface area contributed by atoms with Crippen LogP contribution in [0.2, 0.25) is 0 Å². The molecule has 0 bridgehead atoms. The maximum atomic E-state index is 2.52. The Morgan fingerprint density at radius 1 is 0.654 bits per heavy atom. The molecule has 0 fully saturated rings. The van der Waals surface area contributed by atoms with Gasteiger partial charge in [0.25, 0.3) is 5.82 Å². The van der Waals surface area contributed by atoms with Crippen LogP contribution in [0.3, 0.4) is 0 Å². The SMILES string of the molecule is CCCCCCCCCCCCCc1n(CCCCCC)cc[n+]1CC. The molecule has 152 valence electrons. The summed E-state index contributed by atoms with van der Waals surface area (Å²) in [4.78, 5) is 0. The van der Waals surface area contributed by atoms with Gasteiger partial charge in [0.1, 0.15) is 12.4 Å². The van der Waals surface area contributed by atoms with Gasteiger partial charge < -0.3 is 0 Å². The minimum Gasteiger partial charge on any atom is -0.235 e. The summed E-state index contributed by atoms with van der Waals surface area (Å²) in [5, 5.41) is 0. The van der Waals surface area contributed by atoms with Crippen molar-refractivity contribution >= 4 is 0 Å².